The molecule has 0 saturated carbocycles. The zero-order valence-corrected chi connectivity index (χ0v) is 12.6. The summed E-state index contributed by atoms with van der Waals surface area (Å²) in [7, 11) is 1.54. The van der Waals surface area contributed by atoms with Crippen LogP contribution in [-0.2, 0) is 9.59 Å². The Balaban J connectivity index is 1.68. The Bertz CT molecular complexity index is 745. The summed E-state index contributed by atoms with van der Waals surface area (Å²) in [5, 5.41) is 8.65. The van der Waals surface area contributed by atoms with Gasteiger partial charge in [0.2, 0.25) is 11.8 Å². The van der Waals surface area contributed by atoms with Gasteiger partial charge in [-0.15, -0.1) is 0 Å². The van der Waals surface area contributed by atoms with Crippen LogP contribution in [-0.4, -0.2) is 25.0 Å². The molecule has 0 spiro atoms. The molecular weight excluding hydrogens is 294 g/mol. The van der Waals surface area contributed by atoms with Crippen LogP contribution in [0.3, 0.4) is 0 Å². The van der Waals surface area contributed by atoms with Gasteiger partial charge in [0.25, 0.3) is 0 Å². The zero-order valence-electron chi connectivity index (χ0n) is 12.6. The molecule has 0 aromatic heterocycles. The van der Waals surface area contributed by atoms with Gasteiger partial charge in [0.05, 0.1) is 30.6 Å². The molecule has 1 aliphatic heterocycles. The number of carbonyl (C=O) groups excluding carboxylic acids is 2. The van der Waals surface area contributed by atoms with Gasteiger partial charge in [0.15, 0.2) is 0 Å². The Morgan fingerprint density at radius 1 is 1.13 bits per heavy atom. The first-order valence-corrected chi connectivity index (χ1v) is 7.26. The number of benzene rings is 2. The molecule has 6 nitrogen and oxygen atoms in total. The van der Waals surface area contributed by atoms with Crippen LogP contribution in [0.5, 0.6) is 5.75 Å². The molecule has 1 aliphatic rings. The number of carbonyl (C=O) groups is 2. The van der Waals surface area contributed by atoms with E-state index in [-0.39, 0.29) is 18.2 Å². The lowest BCUT2D eigenvalue weighted by Gasteiger charge is -2.26. The number of fused-ring (bicyclic) bond motifs is 1. The van der Waals surface area contributed by atoms with Crippen LogP contribution in [0.25, 0.3) is 0 Å². The fraction of sp³-hybridized carbons (Fsp3) is 0.176. The molecule has 2 aromatic carbocycles. The van der Waals surface area contributed by atoms with Crippen molar-refractivity contribution in [3.05, 3.63) is 48.5 Å². The molecule has 2 amide bonds. The van der Waals surface area contributed by atoms with Gasteiger partial charge in [-0.1, -0.05) is 24.3 Å². The number of hydrogen-bond acceptors (Lipinski definition) is 4. The molecule has 6 heteroatoms. The summed E-state index contributed by atoms with van der Waals surface area (Å²) in [6.45, 7) is 0. The van der Waals surface area contributed by atoms with E-state index in [1.165, 1.54) is 7.11 Å². The molecular formula is C17H17N3O3. The number of rotatable bonds is 4. The maximum absolute atomic E-state index is 12.2. The van der Waals surface area contributed by atoms with E-state index in [1.54, 1.807) is 18.2 Å². The number of methoxy groups -OCH3 is 1. The third-order valence-electron chi connectivity index (χ3n) is 3.60. The van der Waals surface area contributed by atoms with Crippen molar-refractivity contribution in [2.45, 2.75) is 12.5 Å². The molecule has 0 bridgehead atoms. The van der Waals surface area contributed by atoms with Crippen LogP contribution in [0.2, 0.25) is 0 Å². The molecule has 3 N–H and O–H groups in total. The summed E-state index contributed by atoms with van der Waals surface area (Å²) >= 11 is 0. The fourth-order valence-electron chi connectivity index (χ4n) is 2.47. The van der Waals surface area contributed by atoms with Crippen LogP contribution in [0.1, 0.15) is 6.42 Å². The smallest absolute Gasteiger partial charge is 0.247 e. The Morgan fingerprint density at radius 2 is 1.83 bits per heavy atom. The number of amides is 2. The maximum atomic E-state index is 12.2. The lowest BCUT2D eigenvalue weighted by Crippen LogP contribution is -2.41. The highest BCUT2D eigenvalue weighted by atomic mass is 16.5. The predicted molar refractivity (Wildman–Crippen MR) is 88.7 cm³/mol. The molecule has 23 heavy (non-hydrogen) atoms. The molecule has 1 atom stereocenters. The minimum Gasteiger partial charge on any atom is -0.495 e. The summed E-state index contributed by atoms with van der Waals surface area (Å²) < 4.78 is 5.19. The fourth-order valence-corrected chi connectivity index (χ4v) is 2.47. The first-order chi connectivity index (χ1) is 11.2. The number of hydrogen-bond donors (Lipinski definition) is 3. The summed E-state index contributed by atoms with van der Waals surface area (Å²) in [5.41, 5.74) is 2.11. The Kier molecular flexibility index (Phi) is 4.14. The normalized spacial score (nSPS) is 15.9. The largest absolute Gasteiger partial charge is 0.495 e. The van der Waals surface area contributed by atoms with Crippen LogP contribution >= 0.6 is 0 Å². The predicted octanol–water partition coefficient (Wildman–Crippen LogP) is 2.46. The molecule has 1 heterocycles. The van der Waals surface area contributed by atoms with Gasteiger partial charge in [0.1, 0.15) is 11.8 Å². The monoisotopic (exact) mass is 311 g/mol. The minimum absolute atomic E-state index is 0.0260. The van der Waals surface area contributed by atoms with Crippen molar-refractivity contribution in [3.63, 3.8) is 0 Å². The second-order valence-electron chi connectivity index (χ2n) is 5.18. The molecule has 0 fully saturated rings. The van der Waals surface area contributed by atoms with E-state index in [1.807, 2.05) is 30.3 Å². The highest BCUT2D eigenvalue weighted by molar-refractivity contribution is 6.06. The van der Waals surface area contributed by atoms with E-state index in [2.05, 4.69) is 16.0 Å². The van der Waals surface area contributed by atoms with Crippen molar-refractivity contribution in [1.82, 2.24) is 0 Å². The first-order valence-electron chi connectivity index (χ1n) is 7.26. The van der Waals surface area contributed by atoms with E-state index in [0.29, 0.717) is 11.4 Å². The van der Waals surface area contributed by atoms with Gasteiger partial charge in [-0.2, -0.15) is 0 Å². The van der Waals surface area contributed by atoms with Gasteiger partial charge in [-0.05, 0) is 24.3 Å². The van der Waals surface area contributed by atoms with E-state index in [0.717, 1.165) is 11.4 Å². The summed E-state index contributed by atoms with van der Waals surface area (Å²) in [6, 6.07) is 13.9. The molecule has 0 saturated heterocycles. The van der Waals surface area contributed by atoms with Gasteiger partial charge in [-0.3, -0.25) is 9.59 Å². The van der Waals surface area contributed by atoms with E-state index >= 15 is 0 Å². The van der Waals surface area contributed by atoms with Crippen LogP contribution in [0.4, 0.5) is 17.1 Å². The van der Waals surface area contributed by atoms with E-state index in [9.17, 15) is 9.59 Å². The topological polar surface area (TPSA) is 79.5 Å². The first kappa shape index (κ1) is 14.9. The second-order valence-corrected chi connectivity index (χ2v) is 5.18. The van der Waals surface area contributed by atoms with Gasteiger partial charge < -0.3 is 20.7 Å². The Morgan fingerprint density at radius 3 is 2.61 bits per heavy atom. The Hall–Kier alpha value is -3.02. The quantitative estimate of drug-likeness (QED) is 0.810. The average Bonchev–Trinajstić information content (AvgIpc) is 2.56. The number of anilines is 3. The molecule has 0 radical (unpaired) electrons. The molecule has 0 aliphatic carbocycles. The Labute approximate surface area is 133 Å². The van der Waals surface area contributed by atoms with Crippen molar-refractivity contribution in [2.75, 3.05) is 23.1 Å². The van der Waals surface area contributed by atoms with Gasteiger partial charge in [0, 0.05) is 0 Å². The van der Waals surface area contributed by atoms with Crippen molar-refractivity contribution < 1.29 is 14.3 Å². The van der Waals surface area contributed by atoms with Gasteiger partial charge in [-0.25, -0.2) is 0 Å². The lowest BCUT2D eigenvalue weighted by molar-refractivity contribution is -0.122. The van der Waals surface area contributed by atoms with Crippen molar-refractivity contribution in [3.8, 4) is 5.75 Å². The van der Waals surface area contributed by atoms with E-state index in [4.69, 9.17) is 4.74 Å². The third-order valence-corrected chi connectivity index (χ3v) is 3.60. The molecule has 0 unspecified atom stereocenters. The number of nitrogens with one attached hydrogen (secondary N) is 3. The minimum atomic E-state index is -0.611. The molecule has 118 valence electrons. The highest BCUT2D eigenvalue weighted by Crippen LogP contribution is 2.27. The number of ether oxygens (including phenoxy) is 1. The van der Waals surface area contributed by atoms with Crippen LogP contribution < -0.4 is 20.7 Å². The lowest BCUT2D eigenvalue weighted by atomic mass is 10.1. The van der Waals surface area contributed by atoms with E-state index < -0.39 is 6.04 Å². The van der Waals surface area contributed by atoms with Crippen molar-refractivity contribution in [1.29, 1.82) is 0 Å². The van der Waals surface area contributed by atoms with Crippen LogP contribution in [0.15, 0.2) is 48.5 Å². The van der Waals surface area contributed by atoms with Crippen LogP contribution in [0, 0.1) is 0 Å². The standard InChI is InChI=1S/C17H17N3O3/c1-23-15-9-5-4-8-13(15)19-16(21)10-14-17(22)20-12-7-3-2-6-11(12)18-14/h2-9,14,18H,10H2,1H3,(H,19,21)(H,20,22)/t14-/m1/s1. The highest BCUT2D eigenvalue weighted by Gasteiger charge is 2.27. The second kappa shape index (κ2) is 6.39. The molecule has 3 rings (SSSR count). The summed E-state index contributed by atoms with van der Waals surface area (Å²) in [6.07, 6.45) is 0.0260. The van der Waals surface area contributed by atoms with Crippen molar-refractivity contribution in [2.24, 2.45) is 0 Å². The van der Waals surface area contributed by atoms with Crippen molar-refractivity contribution >= 4 is 28.9 Å². The summed E-state index contributed by atoms with van der Waals surface area (Å²) in [4.78, 5) is 24.3. The summed E-state index contributed by atoms with van der Waals surface area (Å²) in [5.74, 6) is 0.0904. The zero-order chi connectivity index (χ0) is 16.2. The SMILES string of the molecule is COc1ccccc1NC(=O)C[C@H]1Nc2ccccc2NC1=O. The van der Waals surface area contributed by atoms with Gasteiger partial charge >= 0.3 is 0 Å². The third kappa shape index (κ3) is 3.26. The molecule has 2 aromatic rings. The number of para-hydroxylation sites is 4. The maximum Gasteiger partial charge on any atom is 0.247 e. The average molecular weight is 311 g/mol.